The molecule has 4 N–H and O–H groups in total. The van der Waals surface area contributed by atoms with E-state index in [4.69, 9.17) is 15.9 Å². The highest BCUT2D eigenvalue weighted by atomic mass is 16.6. The van der Waals surface area contributed by atoms with Crippen molar-refractivity contribution >= 4 is 5.97 Å². The van der Waals surface area contributed by atoms with Gasteiger partial charge in [-0.3, -0.25) is 4.79 Å². The summed E-state index contributed by atoms with van der Waals surface area (Å²) in [6.07, 6.45) is 0.568. The number of hydrogen-bond acceptors (Lipinski definition) is 5. The second-order valence-electron chi connectivity index (χ2n) is 2.65. The van der Waals surface area contributed by atoms with Crippen LogP contribution in [-0.4, -0.2) is 22.7 Å². The fourth-order valence-corrected chi connectivity index (χ4v) is 1.06. The molecule has 0 aromatic carbocycles. The second kappa shape index (κ2) is 3.44. The summed E-state index contributed by atoms with van der Waals surface area (Å²) in [6, 6.07) is 0. The largest absolute Gasteiger partial charge is 0.506 e. The van der Waals surface area contributed by atoms with Crippen LogP contribution in [0.5, 0.6) is 0 Å². The van der Waals surface area contributed by atoms with E-state index in [-0.39, 0.29) is 12.2 Å². The van der Waals surface area contributed by atoms with Gasteiger partial charge < -0.3 is 20.7 Å². The highest BCUT2D eigenvalue weighted by molar-refractivity contribution is 5.74. The molecule has 12 heavy (non-hydrogen) atoms. The Bertz CT molecular complexity index is 223. The lowest BCUT2D eigenvalue weighted by Crippen LogP contribution is -2.26. The van der Waals surface area contributed by atoms with E-state index in [9.17, 15) is 4.79 Å². The summed E-state index contributed by atoms with van der Waals surface area (Å²) >= 11 is 0. The maximum atomic E-state index is 11.0. The van der Waals surface area contributed by atoms with Gasteiger partial charge in [-0.1, -0.05) is 0 Å². The predicted molar refractivity (Wildman–Crippen MR) is 40.2 cm³/mol. The number of ether oxygens (including phenoxy) is 1. The Morgan fingerprint density at radius 1 is 1.58 bits per heavy atom. The summed E-state index contributed by atoms with van der Waals surface area (Å²) in [5.74, 6) is -1.93. The molecule has 1 atom stereocenters. The van der Waals surface area contributed by atoms with Gasteiger partial charge in [-0.15, -0.1) is 0 Å². The van der Waals surface area contributed by atoms with E-state index in [0.717, 1.165) is 0 Å². The summed E-state index contributed by atoms with van der Waals surface area (Å²) < 4.78 is 4.35. The Labute approximate surface area is 69.4 Å². The highest BCUT2D eigenvalue weighted by Gasteiger charge is 2.29. The zero-order valence-corrected chi connectivity index (χ0v) is 6.49. The summed E-state index contributed by atoms with van der Waals surface area (Å²) in [6.45, 7) is 0.355. The van der Waals surface area contributed by atoms with E-state index >= 15 is 0 Å². The number of carbonyl (C=O) groups is 1. The molecule has 1 rings (SSSR count). The van der Waals surface area contributed by atoms with Crippen LogP contribution in [0.3, 0.4) is 0 Å². The topological polar surface area (TPSA) is 92.8 Å². The van der Waals surface area contributed by atoms with Crippen molar-refractivity contribution in [2.24, 2.45) is 11.7 Å². The first-order valence-corrected chi connectivity index (χ1v) is 3.68. The molecule has 0 radical (unpaired) electrons. The van der Waals surface area contributed by atoms with Gasteiger partial charge in [-0.25, -0.2) is 0 Å². The third-order valence-corrected chi connectivity index (χ3v) is 1.73. The molecule has 0 aliphatic carbocycles. The number of allylic oxidation sites excluding steroid dienone is 1. The van der Waals surface area contributed by atoms with Crippen LogP contribution in [0.25, 0.3) is 0 Å². The van der Waals surface area contributed by atoms with Gasteiger partial charge in [-0.2, -0.15) is 0 Å². The van der Waals surface area contributed by atoms with Gasteiger partial charge in [0.25, 0.3) is 0 Å². The quantitative estimate of drug-likeness (QED) is 0.518. The molecular formula is C7H11NO4. The molecule has 0 aromatic rings. The average Bonchev–Trinajstić information content (AvgIpc) is 2.01. The summed E-state index contributed by atoms with van der Waals surface area (Å²) in [4.78, 5) is 11.0. The van der Waals surface area contributed by atoms with Crippen LogP contribution in [0.15, 0.2) is 11.7 Å². The van der Waals surface area contributed by atoms with Gasteiger partial charge in [0.05, 0.1) is 5.92 Å². The van der Waals surface area contributed by atoms with Crippen LogP contribution >= 0.6 is 0 Å². The highest BCUT2D eigenvalue weighted by Crippen LogP contribution is 2.23. The van der Waals surface area contributed by atoms with Crippen molar-refractivity contribution in [1.82, 2.24) is 0 Å². The second-order valence-corrected chi connectivity index (χ2v) is 2.65. The first kappa shape index (κ1) is 8.86. The van der Waals surface area contributed by atoms with Crippen molar-refractivity contribution in [1.29, 1.82) is 0 Å². The standard InChI is InChI=1S/C7H11NO4/c8-2-1-4-3-5(9)7(11)12-6(4)10/h4,9,11H,1-3,8H2. The molecule has 1 heterocycles. The van der Waals surface area contributed by atoms with E-state index in [1.54, 1.807) is 0 Å². The fraction of sp³-hybridized carbons (Fsp3) is 0.571. The van der Waals surface area contributed by atoms with Crippen LogP contribution in [0, 0.1) is 5.92 Å². The first-order valence-electron chi connectivity index (χ1n) is 3.68. The first-order chi connectivity index (χ1) is 5.65. The lowest BCUT2D eigenvalue weighted by Gasteiger charge is -2.19. The van der Waals surface area contributed by atoms with E-state index in [1.807, 2.05) is 0 Å². The Hall–Kier alpha value is -1.23. The van der Waals surface area contributed by atoms with Gasteiger partial charge >= 0.3 is 11.9 Å². The minimum absolute atomic E-state index is 0.113. The van der Waals surface area contributed by atoms with Gasteiger partial charge in [-0.05, 0) is 13.0 Å². The van der Waals surface area contributed by atoms with Crippen LogP contribution in [-0.2, 0) is 9.53 Å². The minimum Gasteiger partial charge on any atom is -0.506 e. The summed E-state index contributed by atoms with van der Waals surface area (Å²) in [5.41, 5.74) is 5.23. The van der Waals surface area contributed by atoms with Crippen molar-refractivity contribution in [2.75, 3.05) is 6.54 Å². The Morgan fingerprint density at radius 3 is 2.83 bits per heavy atom. The van der Waals surface area contributed by atoms with Crippen LogP contribution in [0.2, 0.25) is 0 Å². The summed E-state index contributed by atoms with van der Waals surface area (Å²) in [7, 11) is 0. The molecule has 0 saturated heterocycles. The molecule has 5 nitrogen and oxygen atoms in total. The normalized spacial score (nSPS) is 24.1. The van der Waals surface area contributed by atoms with Crippen molar-refractivity contribution in [3.05, 3.63) is 11.7 Å². The lowest BCUT2D eigenvalue weighted by atomic mass is 9.99. The lowest BCUT2D eigenvalue weighted by molar-refractivity contribution is -0.152. The van der Waals surface area contributed by atoms with Crippen molar-refractivity contribution < 1.29 is 19.7 Å². The zero-order valence-electron chi connectivity index (χ0n) is 6.49. The molecule has 1 unspecified atom stereocenters. The molecule has 5 heteroatoms. The Kier molecular flexibility index (Phi) is 2.54. The third-order valence-electron chi connectivity index (χ3n) is 1.73. The number of hydrogen-bond donors (Lipinski definition) is 3. The molecule has 0 bridgehead atoms. The van der Waals surface area contributed by atoms with Crippen LogP contribution in [0.1, 0.15) is 12.8 Å². The molecular weight excluding hydrogens is 162 g/mol. The third kappa shape index (κ3) is 1.68. The van der Waals surface area contributed by atoms with E-state index in [1.165, 1.54) is 0 Å². The number of aliphatic hydroxyl groups excluding tert-OH is 2. The maximum absolute atomic E-state index is 11.0. The van der Waals surface area contributed by atoms with E-state index < -0.39 is 17.8 Å². The minimum atomic E-state index is -0.687. The molecule has 0 saturated carbocycles. The summed E-state index contributed by atoms with van der Waals surface area (Å²) in [5, 5.41) is 17.8. The maximum Gasteiger partial charge on any atom is 0.324 e. The van der Waals surface area contributed by atoms with Gasteiger partial charge in [0.15, 0.2) is 5.76 Å². The van der Waals surface area contributed by atoms with Crippen molar-refractivity contribution in [3.8, 4) is 0 Å². The molecule has 0 aromatic heterocycles. The average molecular weight is 173 g/mol. The SMILES string of the molecule is NCCC1CC(O)=C(O)OC1=O. The van der Waals surface area contributed by atoms with E-state index in [0.29, 0.717) is 13.0 Å². The smallest absolute Gasteiger partial charge is 0.324 e. The Balaban J connectivity index is 2.65. The molecule has 0 fully saturated rings. The Morgan fingerprint density at radius 2 is 2.25 bits per heavy atom. The van der Waals surface area contributed by atoms with Gasteiger partial charge in [0.1, 0.15) is 0 Å². The number of carbonyl (C=O) groups excluding carboxylic acids is 1. The molecule has 68 valence electrons. The van der Waals surface area contributed by atoms with Gasteiger partial charge in [0, 0.05) is 6.42 Å². The molecule has 1 aliphatic heterocycles. The predicted octanol–water partition coefficient (Wildman–Crippen LogP) is 0.183. The number of nitrogens with two attached hydrogens (primary N) is 1. The molecule has 0 amide bonds. The monoisotopic (exact) mass is 173 g/mol. The zero-order chi connectivity index (χ0) is 9.14. The van der Waals surface area contributed by atoms with Crippen molar-refractivity contribution in [3.63, 3.8) is 0 Å². The number of cyclic esters (lactones) is 1. The molecule has 0 spiro atoms. The van der Waals surface area contributed by atoms with Gasteiger partial charge in [0.2, 0.25) is 0 Å². The van der Waals surface area contributed by atoms with E-state index in [2.05, 4.69) is 4.74 Å². The number of aliphatic hydroxyl groups is 2. The fourth-order valence-electron chi connectivity index (χ4n) is 1.06. The van der Waals surface area contributed by atoms with Crippen LogP contribution in [0.4, 0.5) is 0 Å². The number of esters is 1. The molecule has 1 aliphatic rings. The van der Waals surface area contributed by atoms with Crippen LogP contribution < -0.4 is 5.73 Å². The number of rotatable bonds is 2. The van der Waals surface area contributed by atoms with Crippen molar-refractivity contribution in [2.45, 2.75) is 12.8 Å².